The number of nitrogens with two attached hydrogens (primary N) is 1. The van der Waals surface area contributed by atoms with Crippen molar-refractivity contribution in [3.63, 3.8) is 0 Å². The van der Waals surface area contributed by atoms with Crippen LogP contribution in [0, 0.1) is 13.8 Å². The van der Waals surface area contributed by atoms with Crippen LogP contribution in [0.5, 0.6) is 0 Å². The van der Waals surface area contributed by atoms with E-state index in [4.69, 9.17) is 21.9 Å². The molecule has 98 valence electrons. The summed E-state index contributed by atoms with van der Waals surface area (Å²) in [6.45, 7) is 3.80. The Morgan fingerprint density at radius 2 is 2.28 bits per heavy atom. The summed E-state index contributed by atoms with van der Waals surface area (Å²) in [5, 5.41) is 4.99. The van der Waals surface area contributed by atoms with Crippen LogP contribution in [0.1, 0.15) is 28.8 Å². The molecule has 6 heteroatoms. The largest absolute Gasteiger partial charge is 0.469 e. The van der Waals surface area contributed by atoms with Gasteiger partial charge in [-0.2, -0.15) is 5.10 Å². The van der Waals surface area contributed by atoms with Crippen molar-refractivity contribution >= 4 is 11.6 Å². The van der Waals surface area contributed by atoms with Crippen molar-refractivity contribution in [2.75, 3.05) is 0 Å². The number of halogens is 1. The van der Waals surface area contributed by atoms with Gasteiger partial charge in [0.05, 0.1) is 28.7 Å². The standard InChI is InChI=1S/C12H17ClN4O/c1-7-12(13)11(17(3)16-7)6-10(15-14)9-4-5-18-8(9)2/h4-5,10,15H,6,14H2,1-3H3. The second-order valence-corrected chi connectivity index (χ2v) is 4.70. The van der Waals surface area contributed by atoms with Crippen LogP contribution in [-0.2, 0) is 13.5 Å². The molecule has 2 rings (SSSR count). The predicted octanol–water partition coefficient (Wildman–Crippen LogP) is 2.03. The van der Waals surface area contributed by atoms with E-state index in [9.17, 15) is 0 Å². The number of nitrogens with one attached hydrogen (secondary N) is 1. The zero-order valence-electron chi connectivity index (χ0n) is 10.7. The molecule has 0 amide bonds. The van der Waals surface area contributed by atoms with Gasteiger partial charge in [0.15, 0.2) is 0 Å². The molecule has 1 unspecified atom stereocenters. The number of nitrogens with zero attached hydrogens (tertiary/aromatic N) is 2. The summed E-state index contributed by atoms with van der Waals surface area (Å²) >= 11 is 6.24. The van der Waals surface area contributed by atoms with E-state index < -0.39 is 0 Å². The molecule has 18 heavy (non-hydrogen) atoms. The number of aromatic nitrogens is 2. The third-order valence-electron chi connectivity index (χ3n) is 3.13. The Morgan fingerprint density at radius 3 is 2.72 bits per heavy atom. The number of hydrazine groups is 1. The minimum absolute atomic E-state index is 0.0453. The maximum absolute atomic E-state index is 6.24. The summed E-state index contributed by atoms with van der Waals surface area (Å²) in [4.78, 5) is 0. The Kier molecular flexibility index (Phi) is 3.75. The van der Waals surface area contributed by atoms with E-state index >= 15 is 0 Å². The Bertz CT molecular complexity index is 546. The van der Waals surface area contributed by atoms with Crippen molar-refractivity contribution in [3.05, 3.63) is 40.1 Å². The third kappa shape index (κ3) is 2.29. The van der Waals surface area contributed by atoms with Crippen LogP contribution < -0.4 is 11.3 Å². The van der Waals surface area contributed by atoms with E-state index in [0.29, 0.717) is 11.4 Å². The zero-order valence-corrected chi connectivity index (χ0v) is 11.5. The van der Waals surface area contributed by atoms with Crippen LogP contribution in [0.3, 0.4) is 0 Å². The van der Waals surface area contributed by atoms with Crippen molar-refractivity contribution in [2.24, 2.45) is 12.9 Å². The molecular weight excluding hydrogens is 252 g/mol. The SMILES string of the molecule is Cc1nn(C)c(CC(NN)c2ccoc2C)c1Cl. The smallest absolute Gasteiger partial charge is 0.105 e. The van der Waals surface area contributed by atoms with Gasteiger partial charge in [-0.25, -0.2) is 0 Å². The van der Waals surface area contributed by atoms with Gasteiger partial charge in [-0.3, -0.25) is 16.0 Å². The summed E-state index contributed by atoms with van der Waals surface area (Å²) in [6, 6.07) is 1.87. The van der Waals surface area contributed by atoms with Gasteiger partial charge < -0.3 is 4.42 Å². The number of rotatable bonds is 4. The molecule has 2 aromatic rings. The summed E-state index contributed by atoms with van der Waals surface area (Å²) < 4.78 is 7.09. The fourth-order valence-corrected chi connectivity index (χ4v) is 2.35. The van der Waals surface area contributed by atoms with Crippen molar-refractivity contribution in [2.45, 2.75) is 26.3 Å². The normalized spacial score (nSPS) is 12.9. The van der Waals surface area contributed by atoms with Crippen LogP contribution in [0.4, 0.5) is 0 Å². The molecule has 0 spiro atoms. The van der Waals surface area contributed by atoms with Gasteiger partial charge in [-0.05, 0) is 19.9 Å². The molecular formula is C12H17ClN4O. The van der Waals surface area contributed by atoms with E-state index in [-0.39, 0.29) is 6.04 Å². The van der Waals surface area contributed by atoms with Crippen LogP contribution >= 0.6 is 11.6 Å². The summed E-state index contributed by atoms with van der Waals surface area (Å²) in [5.41, 5.74) is 5.62. The molecule has 2 aromatic heterocycles. The molecule has 0 aromatic carbocycles. The Labute approximate surface area is 111 Å². The number of hydrogen-bond acceptors (Lipinski definition) is 4. The van der Waals surface area contributed by atoms with E-state index in [1.54, 1.807) is 10.9 Å². The Morgan fingerprint density at radius 1 is 1.56 bits per heavy atom. The molecule has 5 nitrogen and oxygen atoms in total. The van der Waals surface area contributed by atoms with Crippen LogP contribution in [0.25, 0.3) is 0 Å². The average Bonchev–Trinajstić information content (AvgIpc) is 2.84. The minimum atomic E-state index is -0.0453. The van der Waals surface area contributed by atoms with Crippen LogP contribution in [-0.4, -0.2) is 9.78 Å². The van der Waals surface area contributed by atoms with Crippen molar-refractivity contribution in [1.82, 2.24) is 15.2 Å². The fourth-order valence-electron chi connectivity index (χ4n) is 2.11. The van der Waals surface area contributed by atoms with Crippen LogP contribution in [0.15, 0.2) is 16.7 Å². The molecule has 0 aliphatic rings. The number of aryl methyl sites for hydroxylation is 3. The lowest BCUT2D eigenvalue weighted by Gasteiger charge is -2.15. The topological polar surface area (TPSA) is 69.0 Å². The minimum Gasteiger partial charge on any atom is -0.469 e. The maximum Gasteiger partial charge on any atom is 0.105 e. The van der Waals surface area contributed by atoms with Crippen molar-refractivity contribution < 1.29 is 4.42 Å². The molecule has 0 bridgehead atoms. The molecule has 1 atom stereocenters. The lowest BCUT2D eigenvalue weighted by atomic mass is 10.0. The maximum atomic E-state index is 6.24. The molecule has 0 aliphatic heterocycles. The predicted molar refractivity (Wildman–Crippen MR) is 70.2 cm³/mol. The fraction of sp³-hybridized carbons (Fsp3) is 0.417. The monoisotopic (exact) mass is 268 g/mol. The Balaban J connectivity index is 2.29. The first-order valence-electron chi connectivity index (χ1n) is 5.72. The highest BCUT2D eigenvalue weighted by atomic mass is 35.5. The van der Waals surface area contributed by atoms with Gasteiger partial charge in [0, 0.05) is 19.0 Å². The van der Waals surface area contributed by atoms with Crippen molar-refractivity contribution in [3.8, 4) is 0 Å². The highest BCUT2D eigenvalue weighted by molar-refractivity contribution is 6.31. The first-order valence-corrected chi connectivity index (χ1v) is 6.10. The zero-order chi connectivity index (χ0) is 13.3. The third-order valence-corrected chi connectivity index (χ3v) is 3.63. The van der Waals surface area contributed by atoms with Gasteiger partial charge in [-0.15, -0.1) is 0 Å². The van der Waals surface area contributed by atoms with Gasteiger partial charge in [0.1, 0.15) is 5.76 Å². The van der Waals surface area contributed by atoms with Gasteiger partial charge in [0.25, 0.3) is 0 Å². The van der Waals surface area contributed by atoms with Gasteiger partial charge in [-0.1, -0.05) is 11.6 Å². The van der Waals surface area contributed by atoms with Crippen LogP contribution in [0.2, 0.25) is 5.02 Å². The summed E-state index contributed by atoms with van der Waals surface area (Å²) in [5.74, 6) is 6.48. The van der Waals surface area contributed by atoms with E-state index in [2.05, 4.69) is 10.5 Å². The average molecular weight is 269 g/mol. The summed E-state index contributed by atoms with van der Waals surface area (Å²) in [6.07, 6.45) is 2.32. The number of furan rings is 1. The molecule has 3 N–H and O–H groups in total. The molecule has 0 aliphatic carbocycles. The van der Waals surface area contributed by atoms with Gasteiger partial charge >= 0.3 is 0 Å². The van der Waals surface area contributed by atoms with E-state index in [0.717, 1.165) is 22.7 Å². The van der Waals surface area contributed by atoms with Gasteiger partial charge in [0.2, 0.25) is 0 Å². The molecule has 0 saturated heterocycles. The lowest BCUT2D eigenvalue weighted by molar-refractivity contribution is 0.494. The molecule has 0 radical (unpaired) electrons. The second kappa shape index (κ2) is 5.14. The molecule has 0 saturated carbocycles. The summed E-state index contributed by atoms with van der Waals surface area (Å²) in [7, 11) is 1.88. The van der Waals surface area contributed by atoms with E-state index in [1.807, 2.05) is 27.0 Å². The highest BCUT2D eigenvalue weighted by Gasteiger charge is 2.20. The quantitative estimate of drug-likeness (QED) is 0.658. The molecule has 0 fully saturated rings. The van der Waals surface area contributed by atoms with E-state index in [1.165, 1.54) is 0 Å². The first-order chi connectivity index (χ1) is 8.54. The number of hydrogen-bond donors (Lipinski definition) is 2. The Hall–Kier alpha value is -1.30. The second-order valence-electron chi connectivity index (χ2n) is 4.33. The highest BCUT2D eigenvalue weighted by Crippen LogP contribution is 2.27. The first kappa shape index (κ1) is 13.1. The lowest BCUT2D eigenvalue weighted by Crippen LogP contribution is -2.30. The van der Waals surface area contributed by atoms with Crippen molar-refractivity contribution in [1.29, 1.82) is 0 Å². The molecule has 2 heterocycles.